The van der Waals surface area contributed by atoms with Gasteiger partial charge in [0, 0.05) is 44.6 Å². The smallest absolute Gasteiger partial charge is 0.335 e. The number of nitrogens with zero attached hydrogens (tertiary/aromatic N) is 2. The number of aliphatic hydroxyl groups excluding tert-OH is 1. The van der Waals surface area contributed by atoms with Crippen molar-refractivity contribution >= 4 is 17.3 Å². The lowest BCUT2D eigenvalue weighted by molar-refractivity contribution is 0.0697. The summed E-state index contributed by atoms with van der Waals surface area (Å²) in [4.78, 5) is 15.5. The fourth-order valence-corrected chi connectivity index (χ4v) is 5.43. The van der Waals surface area contributed by atoms with Crippen LogP contribution in [0.25, 0.3) is 0 Å². The molecule has 2 N–H and O–H groups in total. The molecule has 0 radical (unpaired) electrons. The van der Waals surface area contributed by atoms with Gasteiger partial charge < -0.3 is 20.0 Å². The Morgan fingerprint density at radius 2 is 1.54 bits per heavy atom. The number of rotatable bonds is 6. The molecule has 0 saturated heterocycles. The van der Waals surface area contributed by atoms with Crippen LogP contribution in [-0.2, 0) is 17.4 Å². The van der Waals surface area contributed by atoms with Gasteiger partial charge in [-0.2, -0.15) is 0 Å². The molecule has 1 unspecified atom stereocenters. The number of fused-ring (bicyclic) bond motifs is 1. The number of carbonyl (C=O) groups is 1. The highest BCUT2D eigenvalue weighted by Crippen LogP contribution is 2.50. The third-order valence-electron chi connectivity index (χ3n) is 8.01. The number of benzene rings is 3. The van der Waals surface area contributed by atoms with E-state index >= 15 is 0 Å². The monoisotopic (exact) mass is 524 g/mol. The van der Waals surface area contributed by atoms with E-state index in [2.05, 4.69) is 92.8 Å². The summed E-state index contributed by atoms with van der Waals surface area (Å²) >= 11 is 0. The quantitative estimate of drug-likeness (QED) is 0.360. The van der Waals surface area contributed by atoms with E-state index in [1.807, 2.05) is 14.1 Å². The lowest BCUT2D eigenvalue weighted by Gasteiger charge is -2.44. The highest BCUT2D eigenvalue weighted by atomic mass is 16.4. The molecular formula is C34H40N2O3. The van der Waals surface area contributed by atoms with Gasteiger partial charge in [0.25, 0.3) is 0 Å². The molecule has 0 fully saturated rings. The van der Waals surface area contributed by atoms with Crippen LogP contribution in [0, 0.1) is 11.8 Å². The minimum absolute atomic E-state index is 0.00424. The first-order valence-corrected chi connectivity index (χ1v) is 13.5. The molecule has 5 heteroatoms. The first-order valence-electron chi connectivity index (χ1n) is 13.5. The Balaban J connectivity index is 1.74. The predicted octanol–water partition coefficient (Wildman–Crippen LogP) is 6.52. The first kappa shape index (κ1) is 28.3. The third-order valence-corrected chi connectivity index (χ3v) is 8.01. The number of carboxylic acid groups (broad SMARTS) is 1. The molecule has 0 aromatic heterocycles. The van der Waals surface area contributed by atoms with Crippen molar-refractivity contribution in [2.24, 2.45) is 0 Å². The second-order valence-electron chi connectivity index (χ2n) is 12.2. The molecule has 1 aliphatic rings. The van der Waals surface area contributed by atoms with E-state index < -0.39 is 12.1 Å². The lowest BCUT2D eigenvalue weighted by atomic mass is 9.62. The second-order valence-corrected chi connectivity index (χ2v) is 12.2. The zero-order valence-electron chi connectivity index (χ0n) is 24.2. The average Bonchev–Trinajstić information content (AvgIpc) is 2.89. The molecule has 0 bridgehead atoms. The van der Waals surface area contributed by atoms with E-state index in [4.69, 9.17) is 5.11 Å². The van der Waals surface area contributed by atoms with Crippen molar-refractivity contribution in [1.82, 2.24) is 0 Å². The van der Waals surface area contributed by atoms with Gasteiger partial charge in [-0.3, -0.25) is 0 Å². The number of carboxylic acids is 1. The minimum Gasteiger partial charge on any atom is -0.478 e. The average molecular weight is 525 g/mol. The summed E-state index contributed by atoms with van der Waals surface area (Å²) in [6.45, 7) is 9.97. The fraction of sp³-hybridized carbons (Fsp3) is 0.382. The van der Waals surface area contributed by atoms with Gasteiger partial charge in [0.1, 0.15) is 6.10 Å². The molecule has 0 amide bonds. The maximum atomic E-state index is 11.2. The van der Waals surface area contributed by atoms with Gasteiger partial charge in [-0.1, -0.05) is 57.7 Å². The van der Waals surface area contributed by atoms with Crippen LogP contribution in [0.5, 0.6) is 0 Å². The van der Waals surface area contributed by atoms with Crippen molar-refractivity contribution in [3.05, 3.63) is 94.0 Å². The van der Waals surface area contributed by atoms with E-state index in [-0.39, 0.29) is 16.4 Å². The first-order chi connectivity index (χ1) is 18.3. The third kappa shape index (κ3) is 6.13. The SMILES string of the molecule is CN(C)c1ccc(CN(C)c2cc(C(O)C#Cc3ccc(C(=O)O)cc3)cc3c2C(C)(C)CCC3(C)C)cc1. The van der Waals surface area contributed by atoms with E-state index in [0.717, 1.165) is 30.6 Å². The Morgan fingerprint density at radius 3 is 2.13 bits per heavy atom. The van der Waals surface area contributed by atoms with Crippen LogP contribution >= 0.6 is 0 Å². The molecule has 3 aromatic rings. The molecule has 204 valence electrons. The van der Waals surface area contributed by atoms with E-state index in [0.29, 0.717) is 5.56 Å². The van der Waals surface area contributed by atoms with Gasteiger partial charge in [0.05, 0.1) is 5.56 Å². The summed E-state index contributed by atoms with van der Waals surface area (Å²) in [6, 6.07) is 19.3. The van der Waals surface area contributed by atoms with Gasteiger partial charge >= 0.3 is 5.97 Å². The minimum atomic E-state index is -0.973. The zero-order valence-corrected chi connectivity index (χ0v) is 24.2. The number of hydrogen-bond acceptors (Lipinski definition) is 4. The van der Waals surface area contributed by atoms with Crippen LogP contribution in [0.2, 0.25) is 0 Å². The van der Waals surface area contributed by atoms with Crippen molar-refractivity contribution in [2.45, 2.75) is 64.0 Å². The number of hydrogen-bond donors (Lipinski definition) is 2. The van der Waals surface area contributed by atoms with Gasteiger partial charge in [0.15, 0.2) is 0 Å². The Labute approximate surface area is 233 Å². The molecule has 1 atom stereocenters. The molecule has 39 heavy (non-hydrogen) atoms. The standard InChI is InChI=1S/C34H40N2O3/c1-33(2)18-19-34(3,4)31-28(33)20-26(30(37)17-12-23-8-13-25(14-9-23)32(38)39)21-29(31)36(7)22-24-10-15-27(16-11-24)35(5)6/h8-11,13-16,20-21,30,37H,18-19,22H2,1-7H3,(H,38,39). The number of aromatic carboxylic acids is 1. The molecule has 0 aliphatic heterocycles. The highest BCUT2D eigenvalue weighted by molar-refractivity contribution is 5.87. The molecule has 3 aromatic carbocycles. The van der Waals surface area contributed by atoms with E-state index in [9.17, 15) is 9.90 Å². The summed E-state index contributed by atoms with van der Waals surface area (Å²) in [5.74, 6) is 5.03. The highest BCUT2D eigenvalue weighted by Gasteiger charge is 2.40. The van der Waals surface area contributed by atoms with Crippen LogP contribution in [0.1, 0.15) is 84.8 Å². The molecule has 1 aliphatic carbocycles. The van der Waals surface area contributed by atoms with Gasteiger partial charge in [-0.05, 0) is 88.4 Å². The molecular weight excluding hydrogens is 484 g/mol. The maximum Gasteiger partial charge on any atom is 0.335 e. The number of anilines is 2. The molecule has 4 rings (SSSR count). The van der Waals surface area contributed by atoms with Crippen molar-refractivity contribution in [3.63, 3.8) is 0 Å². The van der Waals surface area contributed by atoms with Gasteiger partial charge in [-0.25, -0.2) is 4.79 Å². The van der Waals surface area contributed by atoms with E-state index in [1.54, 1.807) is 12.1 Å². The van der Waals surface area contributed by atoms with Crippen LogP contribution in [0.15, 0.2) is 60.7 Å². The van der Waals surface area contributed by atoms with Crippen molar-refractivity contribution < 1.29 is 15.0 Å². The van der Waals surface area contributed by atoms with Crippen LogP contribution in [-0.4, -0.2) is 37.3 Å². The summed E-state index contributed by atoms with van der Waals surface area (Å²) in [7, 11) is 6.21. The van der Waals surface area contributed by atoms with Crippen molar-refractivity contribution in [3.8, 4) is 11.8 Å². The molecule has 0 saturated carbocycles. The van der Waals surface area contributed by atoms with E-state index in [1.165, 1.54) is 34.5 Å². The summed E-state index contributed by atoms with van der Waals surface area (Å²) < 4.78 is 0. The van der Waals surface area contributed by atoms with Crippen molar-refractivity contribution in [1.29, 1.82) is 0 Å². The predicted molar refractivity (Wildman–Crippen MR) is 160 cm³/mol. The normalized spacial score (nSPS) is 15.9. The van der Waals surface area contributed by atoms with Crippen LogP contribution in [0.3, 0.4) is 0 Å². The zero-order chi connectivity index (χ0) is 28.5. The Kier molecular flexibility index (Phi) is 7.82. The summed E-state index contributed by atoms with van der Waals surface area (Å²) in [5.41, 5.74) is 7.77. The van der Waals surface area contributed by atoms with Gasteiger partial charge in [0.2, 0.25) is 0 Å². The van der Waals surface area contributed by atoms with Crippen molar-refractivity contribution in [2.75, 3.05) is 30.9 Å². The molecule has 0 spiro atoms. The Bertz CT molecular complexity index is 1410. The topological polar surface area (TPSA) is 64.0 Å². The summed E-state index contributed by atoms with van der Waals surface area (Å²) in [5, 5.41) is 20.3. The van der Waals surface area contributed by atoms with Gasteiger partial charge in [-0.15, -0.1) is 0 Å². The Hall–Kier alpha value is -3.75. The molecule has 0 heterocycles. The maximum absolute atomic E-state index is 11.2. The van der Waals surface area contributed by atoms with Crippen LogP contribution < -0.4 is 9.80 Å². The molecule has 5 nitrogen and oxygen atoms in total. The largest absolute Gasteiger partial charge is 0.478 e. The fourth-order valence-electron chi connectivity index (χ4n) is 5.43. The number of aliphatic hydroxyl groups is 1. The Morgan fingerprint density at radius 1 is 0.923 bits per heavy atom. The second kappa shape index (κ2) is 10.8. The van der Waals surface area contributed by atoms with Crippen LogP contribution in [0.4, 0.5) is 11.4 Å². The summed E-state index contributed by atoms with van der Waals surface area (Å²) in [6.07, 6.45) is 1.20. The lowest BCUT2D eigenvalue weighted by Crippen LogP contribution is -2.36.